The number of aliphatic imine (C=N–C) groups is 1. The zero-order valence-electron chi connectivity index (χ0n) is 34.0. The van der Waals surface area contributed by atoms with E-state index < -0.39 is 0 Å². The second-order valence-corrected chi connectivity index (χ2v) is 16.0. The minimum Gasteiger partial charge on any atom is -0.230 e. The lowest BCUT2D eigenvalue weighted by atomic mass is 10.0. The van der Waals surface area contributed by atoms with E-state index in [0.717, 1.165) is 38.1 Å². The van der Waals surface area contributed by atoms with Gasteiger partial charge >= 0.3 is 5.91 Å². The lowest BCUT2D eigenvalue weighted by molar-refractivity contribution is -0.708. The van der Waals surface area contributed by atoms with E-state index >= 15 is 0 Å². The van der Waals surface area contributed by atoms with Crippen molar-refractivity contribution in [1.82, 2.24) is 0 Å². The van der Waals surface area contributed by atoms with E-state index in [2.05, 4.69) is 27.0 Å². The fourth-order valence-corrected chi connectivity index (χ4v) is 7.88. The molecule has 0 N–H and O–H groups in total. The summed E-state index contributed by atoms with van der Waals surface area (Å²) in [5.74, 6) is 1.57. The molecule has 0 fully saturated rings. The number of unbranched alkanes of at least 4 members (excludes halogenated alkanes) is 33. The zero-order valence-corrected chi connectivity index (χ0v) is 34.0. The molecule has 1 unspecified atom stereocenters. The molecular formula is C46H89N2O+. The van der Waals surface area contributed by atoms with Crippen molar-refractivity contribution >= 4 is 11.7 Å². The van der Waals surface area contributed by atoms with E-state index in [-0.39, 0.29) is 0 Å². The smallest absolute Gasteiger partial charge is 0.230 e. The summed E-state index contributed by atoms with van der Waals surface area (Å²) in [6.45, 7) is 7.82. The summed E-state index contributed by atoms with van der Waals surface area (Å²) in [5, 5.41) is 0. The van der Waals surface area contributed by atoms with Crippen LogP contribution in [-0.2, 0) is 4.79 Å². The molecule has 0 spiro atoms. The van der Waals surface area contributed by atoms with Gasteiger partial charge in [-0.2, -0.15) is 4.48 Å². The van der Waals surface area contributed by atoms with Gasteiger partial charge < -0.3 is 0 Å². The van der Waals surface area contributed by atoms with Crippen LogP contribution in [0.3, 0.4) is 0 Å². The molecule has 1 aliphatic rings. The van der Waals surface area contributed by atoms with Crippen LogP contribution in [0.2, 0.25) is 0 Å². The first-order valence-corrected chi connectivity index (χ1v) is 22.9. The van der Waals surface area contributed by atoms with E-state index in [9.17, 15) is 4.79 Å². The third-order valence-electron chi connectivity index (χ3n) is 11.3. The Morgan fingerprint density at radius 1 is 0.429 bits per heavy atom. The highest BCUT2D eigenvalue weighted by atomic mass is 16.2. The summed E-state index contributed by atoms with van der Waals surface area (Å²) in [5.41, 5.74) is 0. The molecule has 0 aliphatic carbocycles. The van der Waals surface area contributed by atoms with Crippen molar-refractivity contribution in [3.63, 3.8) is 0 Å². The molecule has 3 nitrogen and oxygen atoms in total. The molecule has 1 aliphatic heterocycles. The van der Waals surface area contributed by atoms with Gasteiger partial charge in [-0.05, 0) is 25.7 Å². The number of amides is 1. The Bertz CT molecular complexity index is 773. The Balaban J connectivity index is 2.37. The zero-order chi connectivity index (χ0) is 35.4. The van der Waals surface area contributed by atoms with Crippen LogP contribution in [0.5, 0.6) is 0 Å². The molecule has 288 valence electrons. The molecule has 0 aromatic rings. The highest BCUT2D eigenvalue weighted by Gasteiger charge is 2.41. The van der Waals surface area contributed by atoms with Gasteiger partial charge in [0.1, 0.15) is 6.20 Å². The number of carbonyl (C=O) groups excluding carboxylic acids is 1. The molecule has 0 radical (unpaired) electrons. The lowest BCUT2D eigenvalue weighted by Gasteiger charge is -2.30. The van der Waals surface area contributed by atoms with Crippen molar-refractivity contribution in [2.75, 3.05) is 6.54 Å². The van der Waals surface area contributed by atoms with Crippen LogP contribution in [0, 0.1) is 0 Å². The van der Waals surface area contributed by atoms with E-state index in [1.54, 1.807) is 0 Å². The topological polar surface area (TPSA) is 29.4 Å². The summed E-state index contributed by atoms with van der Waals surface area (Å²) in [6.07, 6.45) is 54.7. The second kappa shape index (κ2) is 35.4. The fraction of sp³-hybridized carbons (Fsp3) is 0.913. The van der Waals surface area contributed by atoms with Gasteiger partial charge in [-0.25, -0.2) is 9.79 Å². The number of nitrogens with zero attached hydrogens (tertiary/aromatic N) is 2. The molecule has 1 atom stereocenters. The summed E-state index contributed by atoms with van der Waals surface area (Å²) in [7, 11) is 0. The van der Waals surface area contributed by atoms with Gasteiger partial charge in [0.15, 0.2) is 0 Å². The van der Waals surface area contributed by atoms with Crippen LogP contribution < -0.4 is 0 Å². The van der Waals surface area contributed by atoms with Crippen LogP contribution >= 0.6 is 0 Å². The predicted octanol–water partition coefficient (Wildman–Crippen LogP) is 16.1. The Hall–Kier alpha value is -0.960. The number of quaternary nitrogens is 1. The van der Waals surface area contributed by atoms with Crippen LogP contribution in [0.1, 0.15) is 265 Å². The molecular weight excluding hydrogens is 597 g/mol. The van der Waals surface area contributed by atoms with Gasteiger partial charge in [0.2, 0.25) is 5.84 Å². The number of hydrogen-bond donors (Lipinski definition) is 0. The number of carbonyl (C=O) groups is 1. The highest BCUT2D eigenvalue weighted by Crippen LogP contribution is 2.26. The Kier molecular flexibility index (Phi) is 33.3. The molecule has 0 saturated carbocycles. The van der Waals surface area contributed by atoms with Crippen molar-refractivity contribution in [2.45, 2.75) is 265 Å². The van der Waals surface area contributed by atoms with E-state index in [4.69, 9.17) is 4.99 Å². The van der Waals surface area contributed by atoms with Gasteiger partial charge in [-0.1, -0.05) is 226 Å². The summed E-state index contributed by atoms with van der Waals surface area (Å²) < 4.78 is 0.452. The third-order valence-corrected chi connectivity index (χ3v) is 11.3. The summed E-state index contributed by atoms with van der Waals surface area (Å²) in [6, 6.07) is 0. The quantitative estimate of drug-likeness (QED) is 0.0468. The predicted molar refractivity (Wildman–Crippen MR) is 219 cm³/mol. The lowest BCUT2D eigenvalue weighted by Crippen LogP contribution is -2.52. The maximum atomic E-state index is 13.9. The van der Waals surface area contributed by atoms with Gasteiger partial charge in [-0.3, -0.25) is 0 Å². The minimum atomic E-state index is 0.417. The van der Waals surface area contributed by atoms with E-state index in [1.807, 2.05) is 6.20 Å². The second-order valence-electron chi connectivity index (χ2n) is 16.0. The number of amidine groups is 1. The Labute approximate surface area is 308 Å². The average molecular weight is 686 g/mol. The highest BCUT2D eigenvalue weighted by molar-refractivity contribution is 5.90. The van der Waals surface area contributed by atoms with Gasteiger partial charge in [0.05, 0.1) is 19.2 Å². The van der Waals surface area contributed by atoms with Crippen LogP contribution in [0.15, 0.2) is 17.4 Å². The molecule has 1 heterocycles. The van der Waals surface area contributed by atoms with Gasteiger partial charge in [0, 0.05) is 6.42 Å². The largest absolute Gasteiger partial charge is 0.324 e. The molecule has 1 amide bonds. The molecule has 3 heteroatoms. The molecule has 0 saturated heterocycles. The Morgan fingerprint density at radius 3 is 1.10 bits per heavy atom. The van der Waals surface area contributed by atoms with Crippen molar-refractivity contribution in [3.8, 4) is 0 Å². The van der Waals surface area contributed by atoms with Crippen LogP contribution in [0.25, 0.3) is 0 Å². The number of rotatable bonds is 39. The first-order chi connectivity index (χ1) is 24.2. The normalized spacial score (nSPS) is 15.8. The van der Waals surface area contributed by atoms with Crippen molar-refractivity contribution < 1.29 is 9.28 Å². The van der Waals surface area contributed by atoms with Gasteiger partial charge in [0.25, 0.3) is 0 Å². The van der Waals surface area contributed by atoms with Crippen molar-refractivity contribution in [2.24, 2.45) is 4.99 Å². The van der Waals surface area contributed by atoms with Crippen molar-refractivity contribution in [3.05, 3.63) is 12.4 Å². The average Bonchev–Trinajstić information content (AvgIpc) is 3.53. The maximum Gasteiger partial charge on any atom is 0.324 e. The molecule has 1 rings (SSSR count). The first kappa shape index (κ1) is 46.1. The number of hydrogen-bond acceptors (Lipinski definition) is 2. The monoisotopic (exact) mass is 686 g/mol. The molecule has 0 aromatic heterocycles. The molecule has 49 heavy (non-hydrogen) atoms. The van der Waals surface area contributed by atoms with Crippen LogP contribution in [0.4, 0.5) is 0 Å². The summed E-state index contributed by atoms with van der Waals surface area (Å²) >= 11 is 0. The molecule has 0 bridgehead atoms. The minimum absolute atomic E-state index is 0.417. The Morgan fingerprint density at radius 2 is 0.735 bits per heavy atom. The SMILES string of the molecule is CCCCCCCCCCCCCCCC[N+]1(C(=O)CCCCCCCCCCCC)C=CN=C1CCCCCCCCCCCCCC. The van der Waals surface area contributed by atoms with E-state index in [1.165, 1.54) is 218 Å². The first-order valence-electron chi connectivity index (χ1n) is 22.9. The van der Waals surface area contributed by atoms with E-state index in [0.29, 0.717) is 10.4 Å². The van der Waals surface area contributed by atoms with Gasteiger partial charge in [-0.15, -0.1) is 0 Å². The summed E-state index contributed by atoms with van der Waals surface area (Å²) in [4.78, 5) is 18.8. The molecule has 0 aromatic carbocycles. The third kappa shape index (κ3) is 25.6. The maximum absolute atomic E-state index is 13.9. The van der Waals surface area contributed by atoms with Crippen molar-refractivity contribution in [1.29, 1.82) is 0 Å². The fourth-order valence-electron chi connectivity index (χ4n) is 7.88. The standard InChI is InChI=1S/C46H89N2O/c1-4-7-10-13-16-19-22-24-25-27-30-33-36-39-43-48(46(49)41-38-35-32-29-21-18-15-12-9-6-3)44-42-47-45(48)40-37-34-31-28-26-23-20-17-14-11-8-5-2/h42,44H,4-41,43H2,1-3H3/q+1. The van der Waals surface area contributed by atoms with Crippen LogP contribution in [-0.4, -0.2) is 22.8 Å².